The maximum absolute atomic E-state index is 4.32. The average molecular weight is 217 g/mol. The van der Waals surface area contributed by atoms with E-state index in [1.165, 1.54) is 10.9 Å². The van der Waals surface area contributed by atoms with E-state index in [1.54, 1.807) is 0 Å². The van der Waals surface area contributed by atoms with Gasteiger partial charge in [0.25, 0.3) is 0 Å². The Bertz CT molecular complexity index is 477. The molecular formula is C13H15NS. The molecule has 0 unspecified atom stereocenters. The average Bonchev–Trinajstić information content (AvgIpc) is 2.28. The standard InChI is InChI=1S/C13H15NS/c1-13(2,15-3)11-6-7-12-10(9-11)5-4-8-14-12/h4-9H,1-3H3. The number of hydrogen-bond donors (Lipinski definition) is 0. The molecule has 1 heterocycles. The van der Waals surface area contributed by atoms with Crippen molar-refractivity contribution in [1.82, 2.24) is 4.98 Å². The first kappa shape index (κ1) is 10.5. The van der Waals surface area contributed by atoms with E-state index in [9.17, 15) is 0 Å². The maximum atomic E-state index is 4.32. The van der Waals surface area contributed by atoms with E-state index in [4.69, 9.17) is 0 Å². The van der Waals surface area contributed by atoms with Gasteiger partial charge >= 0.3 is 0 Å². The van der Waals surface area contributed by atoms with Gasteiger partial charge in [-0.05, 0) is 43.9 Å². The molecule has 0 fully saturated rings. The number of hydrogen-bond acceptors (Lipinski definition) is 2. The maximum Gasteiger partial charge on any atom is 0.0702 e. The molecule has 15 heavy (non-hydrogen) atoms. The van der Waals surface area contributed by atoms with Crippen LogP contribution in [0.1, 0.15) is 19.4 Å². The molecule has 0 atom stereocenters. The van der Waals surface area contributed by atoms with Crippen molar-refractivity contribution in [2.45, 2.75) is 18.6 Å². The van der Waals surface area contributed by atoms with E-state index in [-0.39, 0.29) is 4.75 Å². The van der Waals surface area contributed by atoms with Crippen LogP contribution < -0.4 is 0 Å². The summed E-state index contributed by atoms with van der Waals surface area (Å²) in [4.78, 5) is 4.32. The lowest BCUT2D eigenvalue weighted by molar-refractivity contribution is 0.787. The second-order valence-corrected chi connectivity index (χ2v) is 5.55. The Morgan fingerprint density at radius 1 is 1.20 bits per heavy atom. The number of fused-ring (bicyclic) bond motifs is 1. The molecule has 0 radical (unpaired) electrons. The predicted octanol–water partition coefficient (Wildman–Crippen LogP) is 3.83. The van der Waals surface area contributed by atoms with Gasteiger partial charge in [0.05, 0.1) is 5.52 Å². The van der Waals surface area contributed by atoms with Crippen molar-refractivity contribution >= 4 is 22.7 Å². The zero-order valence-corrected chi connectivity index (χ0v) is 10.1. The molecule has 1 aromatic heterocycles. The van der Waals surface area contributed by atoms with Crippen LogP contribution in [0.25, 0.3) is 10.9 Å². The first-order chi connectivity index (χ1) is 7.13. The van der Waals surface area contributed by atoms with E-state index in [0.717, 1.165) is 5.52 Å². The Balaban J connectivity index is 2.56. The minimum absolute atomic E-state index is 0.171. The van der Waals surface area contributed by atoms with Gasteiger partial charge < -0.3 is 0 Å². The zero-order valence-electron chi connectivity index (χ0n) is 9.32. The van der Waals surface area contributed by atoms with Gasteiger partial charge in [0, 0.05) is 16.3 Å². The van der Waals surface area contributed by atoms with Crippen molar-refractivity contribution in [3.05, 3.63) is 42.1 Å². The van der Waals surface area contributed by atoms with Crippen LogP contribution in [0.15, 0.2) is 36.5 Å². The Morgan fingerprint density at radius 3 is 2.73 bits per heavy atom. The van der Waals surface area contributed by atoms with E-state index in [1.807, 2.05) is 24.0 Å². The minimum Gasteiger partial charge on any atom is -0.256 e. The molecule has 0 spiro atoms. The summed E-state index contributed by atoms with van der Waals surface area (Å²) in [5.41, 5.74) is 2.42. The molecule has 78 valence electrons. The van der Waals surface area contributed by atoms with Crippen LogP contribution in [0.4, 0.5) is 0 Å². The highest BCUT2D eigenvalue weighted by Crippen LogP contribution is 2.34. The molecule has 2 heteroatoms. The number of pyridine rings is 1. The third kappa shape index (κ3) is 2.00. The zero-order chi connectivity index (χ0) is 10.9. The van der Waals surface area contributed by atoms with Gasteiger partial charge in [0.15, 0.2) is 0 Å². The molecule has 0 aliphatic carbocycles. The molecule has 0 saturated carbocycles. The lowest BCUT2D eigenvalue weighted by atomic mass is 10.0. The monoisotopic (exact) mass is 217 g/mol. The van der Waals surface area contributed by atoms with Crippen molar-refractivity contribution in [2.24, 2.45) is 0 Å². The van der Waals surface area contributed by atoms with Crippen LogP contribution in [-0.4, -0.2) is 11.2 Å². The lowest BCUT2D eigenvalue weighted by Gasteiger charge is -2.22. The number of benzene rings is 1. The minimum atomic E-state index is 0.171. The smallest absolute Gasteiger partial charge is 0.0702 e. The van der Waals surface area contributed by atoms with Crippen LogP contribution in [0.3, 0.4) is 0 Å². The fourth-order valence-corrected chi connectivity index (χ4v) is 1.93. The predicted molar refractivity (Wildman–Crippen MR) is 68.3 cm³/mol. The second kappa shape index (κ2) is 3.86. The summed E-state index contributed by atoms with van der Waals surface area (Å²) in [5.74, 6) is 0. The van der Waals surface area contributed by atoms with Gasteiger partial charge in [-0.25, -0.2) is 0 Å². The van der Waals surface area contributed by atoms with Gasteiger partial charge in [-0.3, -0.25) is 4.98 Å². The highest BCUT2D eigenvalue weighted by molar-refractivity contribution is 7.99. The van der Waals surface area contributed by atoms with Crippen LogP contribution in [-0.2, 0) is 4.75 Å². The van der Waals surface area contributed by atoms with Crippen molar-refractivity contribution in [2.75, 3.05) is 6.26 Å². The topological polar surface area (TPSA) is 12.9 Å². The third-order valence-electron chi connectivity index (χ3n) is 2.81. The second-order valence-electron chi connectivity index (χ2n) is 4.13. The molecule has 0 N–H and O–H groups in total. The van der Waals surface area contributed by atoms with Crippen molar-refractivity contribution in [3.8, 4) is 0 Å². The number of rotatable bonds is 2. The highest BCUT2D eigenvalue weighted by atomic mass is 32.2. The van der Waals surface area contributed by atoms with Gasteiger partial charge in [0.2, 0.25) is 0 Å². The lowest BCUT2D eigenvalue weighted by Crippen LogP contribution is -2.10. The molecule has 2 rings (SSSR count). The quantitative estimate of drug-likeness (QED) is 0.758. The summed E-state index contributed by atoms with van der Waals surface area (Å²) in [6, 6.07) is 10.6. The summed E-state index contributed by atoms with van der Waals surface area (Å²) in [7, 11) is 0. The summed E-state index contributed by atoms with van der Waals surface area (Å²) in [5, 5.41) is 1.22. The van der Waals surface area contributed by atoms with Crippen LogP contribution >= 0.6 is 11.8 Å². The summed E-state index contributed by atoms with van der Waals surface area (Å²) in [6.45, 7) is 4.49. The molecule has 0 saturated heterocycles. The fourth-order valence-electron chi connectivity index (χ4n) is 1.57. The van der Waals surface area contributed by atoms with E-state index in [0.29, 0.717) is 0 Å². The molecule has 0 aliphatic rings. The Morgan fingerprint density at radius 2 is 2.00 bits per heavy atom. The van der Waals surface area contributed by atoms with Gasteiger partial charge in [-0.2, -0.15) is 11.8 Å². The van der Waals surface area contributed by atoms with Gasteiger partial charge in [-0.15, -0.1) is 0 Å². The van der Waals surface area contributed by atoms with E-state index in [2.05, 4.69) is 49.4 Å². The van der Waals surface area contributed by atoms with Gasteiger partial charge in [0.1, 0.15) is 0 Å². The Kier molecular flexibility index (Phi) is 2.70. The summed E-state index contributed by atoms with van der Waals surface area (Å²) >= 11 is 1.87. The molecule has 0 aliphatic heterocycles. The molecule has 0 bridgehead atoms. The SMILES string of the molecule is CSC(C)(C)c1ccc2ncccc2c1. The third-order valence-corrected chi connectivity index (χ3v) is 4.06. The van der Waals surface area contributed by atoms with Crippen molar-refractivity contribution < 1.29 is 0 Å². The van der Waals surface area contributed by atoms with Crippen LogP contribution in [0, 0.1) is 0 Å². The van der Waals surface area contributed by atoms with Gasteiger partial charge in [-0.1, -0.05) is 12.1 Å². The molecular weight excluding hydrogens is 202 g/mol. The first-order valence-electron chi connectivity index (χ1n) is 5.04. The van der Waals surface area contributed by atoms with E-state index >= 15 is 0 Å². The number of thioether (sulfide) groups is 1. The Hall–Kier alpha value is -1.02. The molecule has 0 amide bonds. The van der Waals surface area contributed by atoms with Crippen LogP contribution in [0.2, 0.25) is 0 Å². The van der Waals surface area contributed by atoms with Crippen molar-refractivity contribution in [3.63, 3.8) is 0 Å². The number of aromatic nitrogens is 1. The molecule has 2 aromatic rings. The summed E-state index contributed by atoms with van der Waals surface area (Å²) in [6.07, 6.45) is 3.98. The summed E-state index contributed by atoms with van der Waals surface area (Å²) < 4.78 is 0.171. The molecule has 1 aromatic carbocycles. The largest absolute Gasteiger partial charge is 0.256 e. The number of nitrogens with zero attached hydrogens (tertiary/aromatic N) is 1. The Labute approximate surface area is 94.9 Å². The first-order valence-corrected chi connectivity index (χ1v) is 6.26. The highest BCUT2D eigenvalue weighted by Gasteiger charge is 2.18. The van der Waals surface area contributed by atoms with Crippen LogP contribution in [0.5, 0.6) is 0 Å². The normalized spacial score (nSPS) is 11.9. The fraction of sp³-hybridized carbons (Fsp3) is 0.308. The van der Waals surface area contributed by atoms with E-state index < -0.39 is 0 Å². The van der Waals surface area contributed by atoms with Crippen molar-refractivity contribution in [1.29, 1.82) is 0 Å². The molecule has 1 nitrogen and oxygen atoms in total.